The molecule has 0 radical (unpaired) electrons. The first-order chi connectivity index (χ1) is 19.9. The molecule has 1 aromatic heterocycles. The number of aryl methyl sites for hydroxylation is 3. The van der Waals surface area contributed by atoms with Gasteiger partial charge >= 0.3 is 5.97 Å². The van der Waals surface area contributed by atoms with E-state index in [1.165, 1.54) is 6.07 Å². The lowest BCUT2D eigenvalue weighted by Gasteiger charge is -2.18. The molecule has 1 atom stereocenters. The maximum absolute atomic E-state index is 14.2. The molecule has 222 valence electrons. The van der Waals surface area contributed by atoms with Crippen molar-refractivity contribution in [2.75, 3.05) is 6.54 Å². The molecule has 1 unspecified atom stereocenters. The van der Waals surface area contributed by atoms with Gasteiger partial charge in [0.25, 0.3) is 0 Å². The van der Waals surface area contributed by atoms with Crippen LogP contribution in [0.25, 0.3) is 27.7 Å². The lowest BCUT2D eigenvalue weighted by atomic mass is 9.92. The number of carbonyl (C=O) groups excluding carboxylic acids is 1. The molecule has 0 fully saturated rings. The monoisotopic (exact) mass is 576 g/mol. The molecule has 0 bridgehead atoms. The van der Waals surface area contributed by atoms with Crippen LogP contribution in [-0.4, -0.2) is 33.8 Å². The Morgan fingerprint density at radius 2 is 1.79 bits per heavy atom. The number of nitrogens with one attached hydrogen (secondary N) is 2. The molecule has 4 aromatic rings. The topological polar surface area (TPSA) is 96.2 Å². The van der Waals surface area contributed by atoms with Crippen LogP contribution in [0.5, 0.6) is 0 Å². The second kappa shape index (κ2) is 14.4. The molecule has 1 heterocycles. The molecule has 0 aliphatic carbocycles. The number of amides is 1. The van der Waals surface area contributed by atoms with Crippen LogP contribution in [0.15, 0.2) is 61.3 Å². The van der Waals surface area contributed by atoms with E-state index < -0.39 is 30.1 Å². The summed E-state index contributed by atoms with van der Waals surface area (Å²) in [5.74, 6) is -2.78. The number of hydrogen-bond donors (Lipinski definition) is 3. The summed E-state index contributed by atoms with van der Waals surface area (Å²) in [6.07, 6.45) is 2.90. The van der Waals surface area contributed by atoms with Gasteiger partial charge in [0.15, 0.2) is 11.6 Å². The van der Waals surface area contributed by atoms with Crippen molar-refractivity contribution in [3.63, 3.8) is 0 Å². The Morgan fingerprint density at radius 3 is 2.40 bits per heavy atom. The number of carboxylic acid groups (broad SMARTS) is 1. The van der Waals surface area contributed by atoms with Gasteiger partial charge in [-0.3, -0.25) is 14.3 Å². The average molecular weight is 577 g/mol. The second-order valence-corrected chi connectivity index (χ2v) is 10.7. The summed E-state index contributed by atoms with van der Waals surface area (Å²) in [5.41, 5.74) is 5.82. The summed E-state index contributed by atoms with van der Waals surface area (Å²) >= 11 is 0. The van der Waals surface area contributed by atoms with E-state index in [1.54, 1.807) is 0 Å². The van der Waals surface area contributed by atoms with Gasteiger partial charge in [-0.25, -0.2) is 8.78 Å². The smallest absolute Gasteiger partial charge is 0.305 e. The van der Waals surface area contributed by atoms with Gasteiger partial charge in [-0.15, -0.1) is 0 Å². The summed E-state index contributed by atoms with van der Waals surface area (Å²) in [5, 5.41) is 20.2. The van der Waals surface area contributed by atoms with Crippen molar-refractivity contribution in [2.24, 2.45) is 13.0 Å². The SMILES string of the molecule is C=C(NCCC(C)C)c1cccc2cn(C)nc12.Cc1cccc(C)c1-c1cc(F)c(F)c(C(CC(=O)O)NC=O)c1. The highest BCUT2D eigenvalue weighted by Crippen LogP contribution is 2.32. The molecule has 0 aliphatic rings. The minimum Gasteiger partial charge on any atom is -0.481 e. The van der Waals surface area contributed by atoms with Gasteiger partial charge in [0.05, 0.1) is 12.5 Å². The number of rotatable bonds is 11. The molecule has 3 aromatic carbocycles. The van der Waals surface area contributed by atoms with Crippen molar-refractivity contribution in [3.05, 3.63) is 95.2 Å². The first-order valence-electron chi connectivity index (χ1n) is 13.7. The number of halogens is 2. The Balaban J connectivity index is 0.000000240. The molecule has 3 N–H and O–H groups in total. The van der Waals surface area contributed by atoms with Crippen LogP contribution in [0.2, 0.25) is 0 Å². The minimum atomic E-state index is -1.23. The standard InChI is InChI=1S/C18H17F2NO3.C15H21N3/c1-10-4-3-5-11(2)17(10)12-6-13(18(20)14(19)7-12)15(21-9-22)8-16(23)24;1-11(2)8-9-16-12(3)14-7-5-6-13-10-18(4)17-15(13)14/h3-7,9,15H,8H2,1-2H3,(H,21,22)(H,23,24);5-7,10-11,16H,3,8-9H2,1-2,4H3. The maximum Gasteiger partial charge on any atom is 0.305 e. The first-order valence-corrected chi connectivity index (χ1v) is 13.7. The fourth-order valence-corrected chi connectivity index (χ4v) is 4.81. The molecule has 1 amide bonds. The molecule has 7 nitrogen and oxygen atoms in total. The van der Waals surface area contributed by atoms with Crippen LogP contribution >= 0.6 is 0 Å². The minimum absolute atomic E-state index is 0.192. The second-order valence-electron chi connectivity index (χ2n) is 10.7. The number of aromatic nitrogens is 2. The van der Waals surface area contributed by atoms with Gasteiger partial charge in [0.2, 0.25) is 6.41 Å². The lowest BCUT2D eigenvalue weighted by Crippen LogP contribution is -2.24. The van der Waals surface area contributed by atoms with Crippen molar-refractivity contribution >= 4 is 29.0 Å². The highest BCUT2D eigenvalue weighted by molar-refractivity contribution is 5.89. The zero-order chi connectivity index (χ0) is 31.0. The normalized spacial score (nSPS) is 11.5. The Kier molecular flexibility index (Phi) is 11.0. The molecule has 4 rings (SSSR count). The average Bonchev–Trinajstić information content (AvgIpc) is 3.30. The van der Waals surface area contributed by atoms with E-state index in [0.717, 1.165) is 57.9 Å². The highest BCUT2D eigenvalue weighted by Gasteiger charge is 2.23. The summed E-state index contributed by atoms with van der Waals surface area (Å²) in [6, 6.07) is 13.1. The van der Waals surface area contributed by atoms with Gasteiger partial charge in [0, 0.05) is 42.0 Å². The number of carboxylic acids is 1. The molecular formula is C33H38F2N4O3. The predicted octanol–water partition coefficient (Wildman–Crippen LogP) is 6.69. The van der Waals surface area contributed by atoms with Crippen LogP contribution in [0.4, 0.5) is 8.78 Å². The van der Waals surface area contributed by atoms with Crippen molar-refractivity contribution in [3.8, 4) is 11.1 Å². The number of benzene rings is 3. The van der Waals surface area contributed by atoms with Gasteiger partial charge in [-0.05, 0) is 60.6 Å². The molecule has 0 saturated carbocycles. The highest BCUT2D eigenvalue weighted by atomic mass is 19.2. The fraction of sp³-hybridized carbons (Fsp3) is 0.303. The van der Waals surface area contributed by atoms with Crippen molar-refractivity contribution in [2.45, 2.75) is 46.6 Å². The van der Waals surface area contributed by atoms with Crippen LogP contribution in [0.1, 0.15) is 55.0 Å². The van der Waals surface area contributed by atoms with E-state index in [9.17, 15) is 18.4 Å². The molecule has 42 heavy (non-hydrogen) atoms. The van der Waals surface area contributed by atoms with E-state index in [-0.39, 0.29) is 12.0 Å². The zero-order valence-electron chi connectivity index (χ0n) is 24.7. The van der Waals surface area contributed by atoms with Crippen molar-refractivity contribution in [1.29, 1.82) is 0 Å². The van der Waals surface area contributed by atoms with Crippen LogP contribution in [0, 0.1) is 31.4 Å². The van der Waals surface area contributed by atoms with Crippen molar-refractivity contribution in [1.82, 2.24) is 20.4 Å². The Hall–Kier alpha value is -4.53. The predicted molar refractivity (Wildman–Crippen MR) is 163 cm³/mol. The first kappa shape index (κ1) is 32.0. The van der Waals surface area contributed by atoms with E-state index in [4.69, 9.17) is 5.11 Å². The number of carbonyl (C=O) groups is 2. The van der Waals surface area contributed by atoms with Crippen LogP contribution in [-0.2, 0) is 16.6 Å². The van der Waals surface area contributed by atoms with Gasteiger partial charge in [-0.1, -0.05) is 56.8 Å². The van der Waals surface area contributed by atoms with Gasteiger partial charge < -0.3 is 15.7 Å². The number of nitrogens with zero attached hydrogens (tertiary/aromatic N) is 2. The van der Waals surface area contributed by atoms with Crippen LogP contribution in [0.3, 0.4) is 0 Å². The molecule has 0 aliphatic heterocycles. The Bertz CT molecular complexity index is 1560. The third-order valence-electron chi connectivity index (χ3n) is 6.89. The van der Waals surface area contributed by atoms with E-state index in [1.807, 2.05) is 50.0 Å². The quantitative estimate of drug-likeness (QED) is 0.173. The Labute approximate surface area is 245 Å². The lowest BCUT2D eigenvalue weighted by molar-refractivity contribution is -0.137. The molecule has 0 spiro atoms. The zero-order valence-corrected chi connectivity index (χ0v) is 24.7. The molecular weight excluding hydrogens is 538 g/mol. The van der Waals surface area contributed by atoms with Crippen LogP contribution < -0.4 is 10.6 Å². The summed E-state index contributed by atoms with van der Waals surface area (Å²) < 4.78 is 30.1. The largest absolute Gasteiger partial charge is 0.481 e. The Morgan fingerprint density at radius 1 is 1.12 bits per heavy atom. The van der Waals surface area contributed by atoms with Crippen molar-refractivity contribution < 1.29 is 23.5 Å². The van der Waals surface area contributed by atoms with E-state index >= 15 is 0 Å². The maximum atomic E-state index is 14.2. The van der Waals surface area contributed by atoms with E-state index in [2.05, 4.69) is 54.4 Å². The number of aliphatic carboxylic acids is 1. The number of fused-ring (bicyclic) bond motifs is 1. The van der Waals surface area contributed by atoms with E-state index in [0.29, 0.717) is 11.5 Å². The van der Waals surface area contributed by atoms with Gasteiger partial charge in [-0.2, -0.15) is 5.10 Å². The molecule has 0 saturated heterocycles. The summed E-state index contributed by atoms with van der Waals surface area (Å²) in [6.45, 7) is 13.2. The number of hydrogen-bond acceptors (Lipinski definition) is 4. The third-order valence-corrected chi connectivity index (χ3v) is 6.89. The summed E-state index contributed by atoms with van der Waals surface area (Å²) in [4.78, 5) is 21.7. The summed E-state index contributed by atoms with van der Waals surface area (Å²) in [7, 11) is 1.94. The van der Waals surface area contributed by atoms with Gasteiger partial charge in [0.1, 0.15) is 5.52 Å². The fourth-order valence-electron chi connectivity index (χ4n) is 4.81. The molecule has 9 heteroatoms. The third kappa shape index (κ3) is 8.02.